The van der Waals surface area contributed by atoms with Crippen LogP contribution < -0.4 is 11.1 Å². The Hall–Kier alpha value is -2.01. The lowest BCUT2D eigenvalue weighted by Gasteiger charge is -2.00. The largest absolute Gasteiger partial charge is 0.370 e. The number of nitrogens with two attached hydrogens (primary N) is 1. The molecule has 0 radical (unpaired) electrons. The maximum Gasteiger partial charge on any atom is 0.217 e. The van der Waals surface area contributed by atoms with Crippen molar-refractivity contribution in [3.63, 3.8) is 0 Å². The molecule has 1 amide bonds. The third-order valence-corrected chi connectivity index (χ3v) is 3.64. The molecule has 0 fully saturated rings. The van der Waals surface area contributed by atoms with Crippen molar-refractivity contribution in [3.05, 3.63) is 35.9 Å². The van der Waals surface area contributed by atoms with Gasteiger partial charge in [-0.2, -0.15) is 0 Å². The number of carbonyl (C=O) groups excluding carboxylic acids is 3. The van der Waals surface area contributed by atoms with E-state index >= 15 is 0 Å². The van der Waals surface area contributed by atoms with Gasteiger partial charge in [-0.3, -0.25) is 9.59 Å². The van der Waals surface area contributed by atoms with Gasteiger partial charge in [0, 0.05) is 25.7 Å². The summed E-state index contributed by atoms with van der Waals surface area (Å²) >= 11 is 0. The Morgan fingerprint density at radius 2 is 1.41 bits per heavy atom. The molecule has 1 aromatic carbocycles. The average Bonchev–Trinajstić information content (AvgIpc) is 2.74. The van der Waals surface area contributed by atoms with Crippen molar-refractivity contribution in [1.29, 1.82) is 0 Å². The van der Waals surface area contributed by atoms with Crippen molar-refractivity contribution in [3.8, 4) is 0 Å². The van der Waals surface area contributed by atoms with Crippen LogP contribution in [0.1, 0.15) is 85.1 Å². The van der Waals surface area contributed by atoms with Gasteiger partial charge >= 0.3 is 0 Å². The smallest absolute Gasteiger partial charge is 0.217 e. The molecule has 3 N–H and O–H groups in total. The normalized spacial score (nSPS) is 8.90. The molecule has 0 saturated carbocycles. The molecule has 0 aliphatic heterocycles. The van der Waals surface area contributed by atoms with Crippen LogP contribution in [0.2, 0.25) is 0 Å². The lowest BCUT2D eigenvalue weighted by atomic mass is 10.1. The fraction of sp³-hybridized carbons (Fsp3) is 0.625. The summed E-state index contributed by atoms with van der Waals surface area (Å²) in [4.78, 5) is 32.2. The maximum absolute atomic E-state index is 11.3. The minimum absolute atomic E-state index is 0.0950. The van der Waals surface area contributed by atoms with Gasteiger partial charge in [-0.05, 0) is 45.3 Å². The second kappa shape index (κ2) is 26.0. The van der Waals surface area contributed by atoms with Crippen LogP contribution in [0.5, 0.6) is 0 Å². The molecule has 168 valence electrons. The Labute approximate surface area is 178 Å². The zero-order chi connectivity index (χ0) is 22.9. The Morgan fingerprint density at radius 3 is 1.90 bits per heavy atom. The van der Waals surface area contributed by atoms with Gasteiger partial charge in [0.15, 0.2) is 0 Å². The SMILES string of the molecule is CC.CC.CNCCCCCC(C)=O.NC(=O)CCC(=O)CCc1ccccc1. The van der Waals surface area contributed by atoms with Crippen LogP contribution in [-0.2, 0) is 20.8 Å². The minimum atomic E-state index is -0.414. The first-order valence-corrected chi connectivity index (χ1v) is 10.9. The molecule has 5 nitrogen and oxygen atoms in total. The molecule has 0 heterocycles. The summed E-state index contributed by atoms with van der Waals surface area (Å²) in [6.45, 7) is 10.7. The number of hydrogen-bond acceptors (Lipinski definition) is 4. The number of ketones is 2. The number of carbonyl (C=O) groups is 3. The fourth-order valence-electron chi connectivity index (χ4n) is 2.17. The quantitative estimate of drug-likeness (QED) is 0.483. The van der Waals surface area contributed by atoms with E-state index in [9.17, 15) is 14.4 Å². The summed E-state index contributed by atoms with van der Waals surface area (Å²) < 4.78 is 0. The van der Waals surface area contributed by atoms with Gasteiger partial charge in [-0.15, -0.1) is 0 Å². The number of hydrogen-bond donors (Lipinski definition) is 2. The van der Waals surface area contributed by atoms with Crippen LogP contribution >= 0.6 is 0 Å². The van der Waals surface area contributed by atoms with Crippen LogP contribution in [-0.4, -0.2) is 31.1 Å². The summed E-state index contributed by atoms with van der Waals surface area (Å²) in [6.07, 6.45) is 5.80. The second-order valence-corrected chi connectivity index (χ2v) is 6.11. The minimum Gasteiger partial charge on any atom is -0.370 e. The van der Waals surface area contributed by atoms with Crippen molar-refractivity contribution >= 4 is 17.5 Å². The van der Waals surface area contributed by atoms with Gasteiger partial charge in [0.05, 0.1) is 0 Å². The number of nitrogens with one attached hydrogen (secondary N) is 1. The number of rotatable bonds is 12. The van der Waals surface area contributed by atoms with Crippen LogP contribution in [0.15, 0.2) is 30.3 Å². The van der Waals surface area contributed by atoms with Gasteiger partial charge in [0.1, 0.15) is 11.6 Å². The van der Waals surface area contributed by atoms with Crippen molar-refractivity contribution in [2.24, 2.45) is 5.73 Å². The second-order valence-electron chi connectivity index (χ2n) is 6.11. The van der Waals surface area contributed by atoms with E-state index in [0.717, 1.165) is 31.4 Å². The van der Waals surface area contributed by atoms with Gasteiger partial charge in [-0.25, -0.2) is 0 Å². The average molecular weight is 409 g/mol. The molecule has 1 aromatic rings. The van der Waals surface area contributed by atoms with E-state index in [1.54, 1.807) is 6.92 Å². The third-order valence-electron chi connectivity index (χ3n) is 3.64. The molecule has 5 heteroatoms. The molecule has 0 aromatic heterocycles. The number of amides is 1. The van der Waals surface area contributed by atoms with E-state index in [-0.39, 0.29) is 18.6 Å². The highest BCUT2D eigenvalue weighted by Gasteiger charge is 2.04. The number of benzene rings is 1. The van der Waals surface area contributed by atoms with Crippen LogP contribution in [0, 0.1) is 0 Å². The third kappa shape index (κ3) is 28.3. The molecule has 0 aliphatic rings. The van der Waals surface area contributed by atoms with Crippen LogP contribution in [0.4, 0.5) is 0 Å². The predicted molar refractivity (Wildman–Crippen MR) is 124 cm³/mol. The monoisotopic (exact) mass is 408 g/mol. The standard InChI is InChI=1S/C12H15NO2.C8H17NO.2C2H6/c13-12(15)9-8-11(14)7-6-10-4-2-1-3-5-10;1-8(10)6-4-3-5-7-9-2;2*1-2/h1-5H,6-9H2,(H2,13,15);9H,3-7H2,1-2H3;2*1-2H3. The van der Waals surface area contributed by atoms with Crippen molar-refractivity contribution in [1.82, 2.24) is 5.32 Å². The van der Waals surface area contributed by atoms with Gasteiger partial charge < -0.3 is 15.8 Å². The number of primary amides is 1. The Morgan fingerprint density at radius 1 is 0.828 bits per heavy atom. The highest BCUT2D eigenvalue weighted by atomic mass is 16.1. The van der Waals surface area contributed by atoms with Crippen molar-refractivity contribution in [2.45, 2.75) is 86.0 Å². The molecule has 0 atom stereocenters. The molecule has 0 unspecified atom stereocenters. The van der Waals surface area contributed by atoms with Crippen molar-refractivity contribution in [2.75, 3.05) is 13.6 Å². The first-order chi connectivity index (χ1) is 14.0. The number of Topliss-reactive ketones (excluding diaryl/α,β-unsaturated/α-hetero) is 2. The lowest BCUT2D eigenvalue weighted by molar-refractivity contribution is -0.123. The zero-order valence-electron chi connectivity index (χ0n) is 19.6. The molecule has 0 spiro atoms. The Bertz CT molecular complexity index is 502. The molecular formula is C24H44N2O3. The molecule has 0 aliphatic carbocycles. The topological polar surface area (TPSA) is 89.3 Å². The van der Waals surface area contributed by atoms with E-state index in [1.807, 2.05) is 65.1 Å². The summed E-state index contributed by atoms with van der Waals surface area (Å²) in [6, 6.07) is 9.81. The highest BCUT2D eigenvalue weighted by Crippen LogP contribution is 2.04. The summed E-state index contributed by atoms with van der Waals surface area (Å²) in [5.74, 6) is -0.00910. The molecule has 1 rings (SSSR count). The first-order valence-electron chi connectivity index (χ1n) is 10.9. The van der Waals surface area contributed by atoms with Crippen LogP contribution in [0.3, 0.4) is 0 Å². The van der Waals surface area contributed by atoms with E-state index in [4.69, 9.17) is 5.73 Å². The molecule has 0 bridgehead atoms. The van der Waals surface area contributed by atoms with E-state index in [1.165, 1.54) is 12.8 Å². The van der Waals surface area contributed by atoms with Gasteiger partial charge in [-0.1, -0.05) is 64.4 Å². The van der Waals surface area contributed by atoms with Crippen molar-refractivity contribution < 1.29 is 14.4 Å². The van der Waals surface area contributed by atoms with Crippen LogP contribution in [0.25, 0.3) is 0 Å². The van der Waals surface area contributed by atoms with Gasteiger partial charge in [0.25, 0.3) is 0 Å². The van der Waals surface area contributed by atoms with E-state index in [0.29, 0.717) is 12.2 Å². The zero-order valence-corrected chi connectivity index (χ0v) is 19.6. The lowest BCUT2D eigenvalue weighted by Crippen LogP contribution is -2.12. The summed E-state index contributed by atoms with van der Waals surface area (Å²) in [5.41, 5.74) is 6.10. The number of aryl methyl sites for hydroxylation is 1. The molecule has 0 saturated heterocycles. The van der Waals surface area contributed by atoms with Gasteiger partial charge in [0.2, 0.25) is 5.91 Å². The maximum atomic E-state index is 11.3. The fourth-order valence-corrected chi connectivity index (χ4v) is 2.17. The predicted octanol–water partition coefficient (Wildman–Crippen LogP) is 4.86. The molecule has 29 heavy (non-hydrogen) atoms. The Balaban J connectivity index is -0.000000421. The summed E-state index contributed by atoms with van der Waals surface area (Å²) in [5, 5.41) is 3.07. The van der Waals surface area contributed by atoms with E-state index in [2.05, 4.69) is 5.32 Å². The Kier molecular flexibility index (Phi) is 28.4. The van der Waals surface area contributed by atoms with E-state index < -0.39 is 5.91 Å². The highest BCUT2D eigenvalue weighted by molar-refractivity contribution is 5.84. The molecular weight excluding hydrogens is 364 g/mol. The summed E-state index contributed by atoms with van der Waals surface area (Å²) in [7, 11) is 1.95. The number of unbranched alkanes of at least 4 members (excludes halogenated alkanes) is 2. The first kappa shape index (κ1) is 31.7.